The maximum Gasteiger partial charge on any atom is 0.339 e. The summed E-state index contributed by atoms with van der Waals surface area (Å²) in [4.78, 5) is 27.3. The molecule has 1 aliphatic rings. The van der Waals surface area contributed by atoms with Crippen molar-refractivity contribution in [3.63, 3.8) is 0 Å². The Hall–Kier alpha value is -2.15. The predicted molar refractivity (Wildman–Crippen MR) is 77.9 cm³/mol. The molecule has 6 nitrogen and oxygen atoms in total. The Balaban J connectivity index is 2.01. The van der Waals surface area contributed by atoms with E-state index >= 15 is 0 Å². The molecule has 0 radical (unpaired) electrons. The molecule has 21 heavy (non-hydrogen) atoms. The Morgan fingerprint density at radius 1 is 1.43 bits per heavy atom. The lowest BCUT2D eigenvalue weighted by Gasteiger charge is -2.09. The van der Waals surface area contributed by atoms with Gasteiger partial charge < -0.3 is 14.4 Å². The molecule has 1 heterocycles. The summed E-state index contributed by atoms with van der Waals surface area (Å²) in [5.41, 5.74) is -0.377. The van der Waals surface area contributed by atoms with Gasteiger partial charge in [-0.15, -0.1) is 0 Å². The molecule has 1 aromatic carbocycles. The lowest BCUT2D eigenvalue weighted by Crippen LogP contribution is -2.21. The number of hydrogen-bond donors (Lipinski definition) is 1. The Kier molecular flexibility index (Phi) is 3.50. The minimum atomic E-state index is -1.13. The average Bonchev–Trinajstić information content (AvgIpc) is 3.25. The molecule has 1 aliphatic carbocycles. The summed E-state index contributed by atoms with van der Waals surface area (Å²) in [7, 11) is 0. The zero-order valence-corrected chi connectivity index (χ0v) is 12.4. The first-order valence-electron chi connectivity index (χ1n) is 6.34. The largest absolute Gasteiger partial charge is 0.478 e. The van der Waals surface area contributed by atoms with E-state index in [2.05, 4.69) is 20.9 Å². The van der Waals surface area contributed by atoms with Crippen LogP contribution < -0.4 is 10.3 Å². The van der Waals surface area contributed by atoms with Crippen molar-refractivity contribution in [2.24, 2.45) is 0 Å². The SMILES string of the molecule is O=C(O)c1ccc(Br)cc1Oc1nccn(C2CC2)c1=O. The number of aromatic nitrogens is 2. The molecule has 108 valence electrons. The number of carbonyl (C=O) groups is 1. The van der Waals surface area contributed by atoms with Gasteiger partial charge in [0.25, 0.3) is 5.88 Å². The number of benzene rings is 1. The lowest BCUT2D eigenvalue weighted by atomic mass is 10.2. The van der Waals surface area contributed by atoms with E-state index in [0.717, 1.165) is 12.8 Å². The van der Waals surface area contributed by atoms with Crippen molar-refractivity contribution in [1.82, 2.24) is 9.55 Å². The summed E-state index contributed by atoms with van der Waals surface area (Å²) >= 11 is 3.25. The lowest BCUT2D eigenvalue weighted by molar-refractivity contribution is 0.0694. The van der Waals surface area contributed by atoms with E-state index < -0.39 is 5.97 Å². The third kappa shape index (κ3) is 2.82. The Labute approximate surface area is 128 Å². The fourth-order valence-electron chi connectivity index (χ4n) is 1.98. The van der Waals surface area contributed by atoms with Crippen LogP contribution in [0.3, 0.4) is 0 Å². The molecular formula is C14H11BrN2O4. The number of ether oxygens (including phenoxy) is 1. The third-order valence-corrected chi connectivity index (χ3v) is 3.65. The van der Waals surface area contributed by atoms with E-state index in [9.17, 15) is 9.59 Å². The van der Waals surface area contributed by atoms with Crippen LogP contribution in [-0.4, -0.2) is 20.6 Å². The molecule has 0 unspecified atom stereocenters. The maximum absolute atomic E-state index is 12.2. The summed E-state index contributed by atoms with van der Waals surface area (Å²) in [6, 6.07) is 4.70. The molecule has 0 spiro atoms. The highest BCUT2D eigenvalue weighted by Gasteiger charge is 2.26. The smallest absolute Gasteiger partial charge is 0.339 e. The number of nitrogens with zero attached hydrogens (tertiary/aromatic N) is 2. The second-order valence-electron chi connectivity index (χ2n) is 4.72. The number of hydrogen-bond acceptors (Lipinski definition) is 4. The Bertz CT molecular complexity index is 768. The zero-order valence-electron chi connectivity index (χ0n) is 10.8. The number of carboxylic acids is 1. The van der Waals surface area contributed by atoms with Crippen molar-refractivity contribution in [2.75, 3.05) is 0 Å². The molecule has 2 aromatic rings. The monoisotopic (exact) mass is 350 g/mol. The fraction of sp³-hybridized carbons (Fsp3) is 0.214. The van der Waals surface area contributed by atoms with Crippen molar-refractivity contribution in [3.8, 4) is 11.6 Å². The second kappa shape index (κ2) is 5.33. The van der Waals surface area contributed by atoms with Crippen molar-refractivity contribution in [3.05, 3.63) is 51.0 Å². The minimum Gasteiger partial charge on any atom is -0.478 e. The molecular weight excluding hydrogens is 340 g/mol. The van der Waals surface area contributed by atoms with Gasteiger partial charge in [0.1, 0.15) is 11.3 Å². The van der Waals surface area contributed by atoms with Crippen molar-refractivity contribution in [1.29, 1.82) is 0 Å². The number of rotatable bonds is 4. The van der Waals surface area contributed by atoms with Crippen molar-refractivity contribution in [2.45, 2.75) is 18.9 Å². The quantitative estimate of drug-likeness (QED) is 0.916. The normalized spacial score (nSPS) is 14.0. The summed E-state index contributed by atoms with van der Waals surface area (Å²) in [5, 5.41) is 9.16. The van der Waals surface area contributed by atoms with Crippen LogP contribution in [-0.2, 0) is 0 Å². The first-order valence-corrected chi connectivity index (χ1v) is 7.13. The van der Waals surface area contributed by atoms with Gasteiger partial charge in [0.05, 0.1) is 0 Å². The maximum atomic E-state index is 12.2. The molecule has 1 fully saturated rings. The minimum absolute atomic E-state index is 0.0266. The van der Waals surface area contributed by atoms with Gasteiger partial charge in [-0.2, -0.15) is 0 Å². The summed E-state index contributed by atoms with van der Waals surface area (Å²) < 4.78 is 7.67. The van der Waals surface area contributed by atoms with Gasteiger partial charge in [0.15, 0.2) is 0 Å². The van der Waals surface area contributed by atoms with Gasteiger partial charge in [0, 0.05) is 22.9 Å². The molecule has 3 rings (SSSR count). The molecule has 0 bridgehead atoms. The molecule has 7 heteroatoms. The highest BCUT2D eigenvalue weighted by atomic mass is 79.9. The highest BCUT2D eigenvalue weighted by Crippen LogP contribution is 2.33. The van der Waals surface area contributed by atoms with E-state index in [4.69, 9.17) is 9.84 Å². The van der Waals surface area contributed by atoms with Crippen LogP contribution >= 0.6 is 15.9 Å². The van der Waals surface area contributed by atoms with Crippen molar-refractivity contribution >= 4 is 21.9 Å². The predicted octanol–water partition coefficient (Wildman–Crippen LogP) is 2.83. The molecule has 1 N–H and O–H groups in total. The second-order valence-corrected chi connectivity index (χ2v) is 5.64. The van der Waals surface area contributed by atoms with E-state index in [0.29, 0.717) is 4.47 Å². The molecule has 1 saturated carbocycles. The molecule has 0 saturated heterocycles. The summed E-state index contributed by atoms with van der Waals surface area (Å²) in [6.45, 7) is 0. The van der Waals surface area contributed by atoms with Gasteiger partial charge in [-0.1, -0.05) is 15.9 Å². The van der Waals surface area contributed by atoms with Gasteiger partial charge in [0.2, 0.25) is 0 Å². The number of halogens is 1. The van der Waals surface area contributed by atoms with Gasteiger partial charge >= 0.3 is 11.5 Å². The topological polar surface area (TPSA) is 81.4 Å². The van der Waals surface area contributed by atoms with Crippen LogP contribution in [0.25, 0.3) is 0 Å². The highest BCUT2D eigenvalue weighted by molar-refractivity contribution is 9.10. The molecule has 0 amide bonds. The molecule has 0 aliphatic heterocycles. The average molecular weight is 351 g/mol. The summed E-state index contributed by atoms with van der Waals surface area (Å²) in [6.07, 6.45) is 5.01. The number of carboxylic acid groups (broad SMARTS) is 1. The van der Waals surface area contributed by atoms with Gasteiger partial charge in [-0.25, -0.2) is 9.78 Å². The first kappa shape index (κ1) is 13.8. The number of aromatic carboxylic acids is 1. The van der Waals surface area contributed by atoms with Gasteiger partial charge in [-0.3, -0.25) is 4.79 Å². The zero-order chi connectivity index (χ0) is 15.0. The van der Waals surface area contributed by atoms with Gasteiger partial charge in [-0.05, 0) is 31.0 Å². The van der Waals surface area contributed by atoms with E-state index in [-0.39, 0.29) is 28.8 Å². The van der Waals surface area contributed by atoms with Crippen LogP contribution in [0.5, 0.6) is 11.6 Å². The van der Waals surface area contributed by atoms with E-state index in [1.54, 1.807) is 16.8 Å². The van der Waals surface area contributed by atoms with Crippen LogP contribution in [0.4, 0.5) is 0 Å². The molecule has 1 aromatic heterocycles. The fourth-order valence-corrected chi connectivity index (χ4v) is 2.32. The standard InChI is InChI=1S/C14H11BrN2O4/c15-8-1-4-10(14(19)20)11(7-8)21-12-13(18)17(6-5-16-12)9-2-3-9/h1,4-7,9H,2-3H2,(H,19,20). The molecule has 0 atom stereocenters. The van der Waals surface area contributed by atoms with Crippen molar-refractivity contribution < 1.29 is 14.6 Å². The van der Waals surface area contributed by atoms with E-state index in [1.165, 1.54) is 18.3 Å². The first-order chi connectivity index (χ1) is 10.1. The van der Waals surface area contributed by atoms with Crippen LogP contribution in [0, 0.1) is 0 Å². The third-order valence-electron chi connectivity index (χ3n) is 3.16. The van der Waals surface area contributed by atoms with Crippen LogP contribution in [0.1, 0.15) is 29.2 Å². The Morgan fingerprint density at radius 3 is 2.86 bits per heavy atom. The summed E-state index contributed by atoms with van der Waals surface area (Å²) in [5.74, 6) is -1.17. The Morgan fingerprint density at radius 2 is 2.19 bits per heavy atom. The van der Waals surface area contributed by atoms with Crippen LogP contribution in [0.2, 0.25) is 0 Å². The van der Waals surface area contributed by atoms with Crippen LogP contribution in [0.15, 0.2) is 39.9 Å². The van der Waals surface area contributed by atoms with E-state index in [1.807, 2.05) is 0 Å².